The summed E-state index contributed by atoms with van der Waals surface area (Å²) in [7, 11) is -0.453. The van der Waals surface area contributed by atoms with E-state index in [1.807, 2.05) is 0 Å². The van der Waals surface area contributed by atoms with Crippen molar-refractivity contribution in [3.63, 3.8) is 0 Å². The quantitative estimate of drug-likeness (QED) is 0.547. The smallest absolute Gasteiger partial charge is 0.0350 e. The predicted octanol–water partition coefficient (Wildman–Crippen LogP) is 2.23. The summed E-state index contributed by atoms with van der Waals surface area (Å²) in [6, 6.07) is 0. The molecule has 0 N–H and O–H groups in total. The summed E-state index contributed by atoms with van der Waals surface area (Å²) in [5.74, 6) is 0. The van der Waals surface area contributed by atoms with Crippen molar-refractivity contribution >= 4 is 10.8 Å². The van der Waals surface area contributed by atoms with E-state index in [9.17, 15) is 4.21 Å². The Morgan fingerprint density at radius 1 is 0.818 bits per heavy atom. The molecule has 0 aromatic carbocycles. The molecule has 0 amide bonds. The fraction of sp³-hybridized carbons (Fsp3) is 1.00. The molecule has 2 bridgehead atoms. The van der Waals surface area contributed by atoms with Crippen LogP contribution in [0, 0.1) is 0 Å². The number of rotatable bonds is 0. The molecule has 0 aromatic rings. The molecule has 0 aromatic heterocycles. The van der Waals surface area contributed by atoms with E-state index < -0.39 is 10.8 Å². The van der Waals surface area contributed by atoms with Crippen LogP contribution in [0.4, 0.5) is 0 Å². The Morgan fingerprint density at radius 2 is 1.27 bits per heavy atom. The fourth-order valence-electron chi connectivity index (χ4n) is 2.34. The van der Waals surface area contributed by atoms with Crippen molar-refractivity contribution in [3.8, 4) is 0 Å². The average Bonchev–Trinajstić information content (AvgIpc) is 2.17. The van der Waals surface area contributed by atoms with Gasteiger partial charge in [0.05, 0.1) is 0 Å². The Labute approximate surface area is 71.0 Å². The number of hydrogen-bond acceptors (Lipinski definition) is 1. The maximum Gasteiger partial charge on any atom is 0.0350 e. The van der Waals surface area contributed by atoms with Crippen LogP contribution in [0.5, 0.6) is 0 Å². The molecule has 0 saturated carbocycles. The van der Waals surface area contributed by atoms with Crippen molar-refractivity contribution in [2.75, 3.05) is 0 Å². The Morgan fingerprint density at radius 3 is 1.82 bits per heavy atom. The summed E-state index contributed by atoms with van der Waals surface area (Å²) in [4.78, 5) is 0. The molecule has 2 atom stereocenters. The lowest BCUT2D eigenvalue weighted by Gasteiger charge is -2.25. The van der Waals surface area contributed by atoms with Gasteiger partial charge in [0.1, 0.15) is 0 Å². The standard InChI is InChI=1S/C9H16OS/c10-11-8-4-1-2-5-9(11)7-3-6-8/h8-9H,1-7H2. The summed E-state index contributed by atoms with van der Waals surface area (Å²) in [6.45, 7) is 0. The van der Waals surface area contributed by atoms with Gasteiger partial charge in [-0.3, -0.25) is 4.21 Å². The highest BCUT2D eigenvalue weighted by Gasteiger charge is 2.30. The van der Waals surface area contributed by atoms with Crippen LogP contribution in [0.1, 0.15) is 44.9 Å². The van der Waals surface area contributed by atoms with Gasteiger partial charge in [0.15, 0.2) is 0 Å². The van der Waals surface area contributed by atoms with E-state index in [4.69, 9.17) is 0 Å². The second kappa shape index (κ2) is 3.26. The normalized spacial score (nSPS) is 44.9. The molecule has 2 saturated heterocycles. The van der Waals surface area contributed by atoms with Crippen LogP contribution in [0.25, 0.3) is 0 Å². The zero-order chi connectivity index (χ0) is 7.68. The van der Waals surface area contributed by atoms with Crippen molar-refractivity contribution < 1.29 is 4.21 Å². The third-order valence-electron chi connectivity index (χ3n) is 3.01. The Bertz CT molecular complexity index is 151. The minimum absolute atomic E-state index is 0.453. The third kappa shape index (κ3) is 1.51. The van der Waals surface area contributed by atoms with E-state index in [1.165, 1.54) is 44.9 Å². The molecule has 2 aliphatic heterocycles. The highest BCUT2D eigenvalue weighted by atomic mass is 32.2. The van der Waals surface area contributed by atoms with Gasteiger partial charge in [-0.1, -0.05) is 19.3 Å². The first kappa shape index (κ1) is 7.78. The predicted molar refractivity (Wildman–Crippen MR) is 48.0 cm³/mol. The van der Waals surface area contributed by atoms with Crippen LogP contribution in [-0.2, 0) is 10.8 Å². The highest BCUT2D eigenvalue weighted by Crippen LogP contribution is 2.32. The van der Waals surface area contributed by atoms with Gasteiger partial charge in [-0.05, 0) is 25.7 Å². The lowest BCUT2D eigenvalue weighted by molar-refractivity contribution is 0.563. The van der Waals surface area contributed by atoms with Crippen molar-refractivity contribution in [2.24, 2.45) is 0 Å². The van der Waals surface area contributed by atoms with Crippen molar-refractivity contribution in [1.29, 1.82) is 0 Å². The molecule has 2 unspecified atom stereocenters. The van der Waals surface area contributed by atoms with Crippen molar-refractivity contribution in [1.82, 2.24) is 0 Å². The molecule has 1 nitrogen and oxygen atoms in total. The zero-order valence-electron chi connectivity index (χ0n) is 6.92. The van der Waals surface area contributed by atoms with Crippen molar-refractivity contribution in [3.05, 3.63) is 0 Å². The summed E-state index contributed by atoms with van der Waals surface area (Å²) >= 11 is 0. The Hall–Kier alpha value is 0.150. The largest absolute Gasteiger partial charge is 0.259 e. The topological polar surface area (TPSA) is 17.1 Å². The molecule has 2 fully saturated rings. The number of fused-ring (bicyclic) bond motifs is 2. The molecule has 11 heavy (non-hydrogen) atoms. The summed E-state index contributed by atoms with van der Waals surface area (Å²) in [5, 5.41) is 1.16. The minimum Gasteiger partial charge on any atom is -0.259 e. The van der Waals surface area contributed by atoms with Crippen molar-refractivity contribution in [2.45, 2.75) is 55.4 Å². The monoisotopic (exact) mass is 172 g/mol. The van der Waals surface area contributed by atoms with Gasteiger partial charge >= 0.3 is 0 Å². The Balaban J connectivity index is 2.12. The maximum absolute atomic E-state index is 11.7. The summed E-state index contributed by atoms with van der Waals surface area (Å²) in [6.07, 6.45) is 8.94. The van der Waals surface area contributed by atoms with E-state index in [-0.39, 0.29) is 0 Å². The van der Waals surface area contributed by atoms with Gasteiger partial charge in [-0.15, -0.1) is 0 Å². The first-order valence-corrected chi connectivity index (χ1v) is 6.05. The van der Waals surface area contributed by atoms with E-state index in [2.05, 4.69) is 0 Å². The SMILES string of the molecule is O=S1C2CCCCC1CCC2. The lowest BCUT2D eigenvalue weighted by Crippen LogP contribution is -2.28. The van der Waals surface area contributed by atoms with Crippen LogP contribution in [0.3, 0.4) is 0 Å². The van der Waals surface area contributed by atoms with Gasteiger partial charge in [0.2, 0.25) is 0 Å². The average molecular weight is 172 g/mol. The van der Waals surface area contributed by atoms with Crippen LogP contribution < -0.4 is 0 Å². The summed E-state index contributed by atoms with van der Waals surface area (Å²) < 4.78 is 11.7. The molecule has 2 heteroatoms. The molecule has 2 rings (SSSR count). The lowest BCUT2D eigenvalue weighted by atomic mass is 10.1. The van der Waals surface area contributed by atoms with E-state index in [0.29, 0.717) is 10.5 Å². The second-order valence-electron chi connectivity index (χ2n) is 3.79. The number of hydrogen-bond donors (Lipinski definition) is 0. The molecule has 2 aliphatic rings. The van der Waals surface area contributed by atoms with Crippen LogP contribution in [0.15, 0.2) is 0 Å². The van der Waals surface area contributed by atoms with Crippen LogP contribution in [0.2, 0.25) is 0 Å². The second-order valence-corrected chi connectivity index (χ2v) is 5.78. The first-order chi connectivity index (χ1) is 5.38. The molecular formula is C9H16OS. The third-order valence-corrected chi connectivity index (χ3v) is 5.27. The van der Waals surface area contributed by atoms with Crippen LogP contribution >= 0.6 is 0 Å². The molecule has 0 spiro atoms. The molecule has 0 aliphatic carbocycles. The minimum atomic E-state index is -0.453. The van der Waals surface area contributed by atoms with E-state index in [0.717, 1.165) is 0 Å². The molecule has 0 radical (unpaired) electrons. The zero-order valence-corrected chi connectivity index (χ0v) is 7.74. The van der Waals surface area contributed by atoms with E-state index in [1.54, 1.807) is 0 Å². The molecule has 2 heterocycles. The van der Waals surface area contributed by atoms with Gasteiger partial charge in [0.25, 0.3) is 0 Å². The highest BCUT2D eigenvalue weighted by molar-refractivity contribution is 7.86. The van der Waals surface area contributed by atoms with Gasteiger partial charge in [0, 0.05) is 21.3 Å². The van der Waals surface area contributed by atoms with Gasteiger partial charge in [-0.2, -0.15) is 0 Å². The summed E-state index contributed by atoms with van der Waals surface area (Å²) in [5.41, 5.74) is 0. The first-order valence-electron chi connectivity index (χ1n) is 4.77. The maximum atomic E-state index is 11.7. The van der Waals surface area contributed by atoms with E-state index >= 15 is 0 Å². The van der Waals surface area contributed by atoms with Crippen LogP contribution in [-0.4, -0.2) is 14.7 Å². The fourth-order valence-corrected chi connectivity index (χ4v) is 4.48. The molecular weight excluding hydrogens is 156 g/mol. The Kier molecular flexibility index (Phi) is 2.30. The van der Waals surface area contributed by atoms with Gasteiger partial charge < -0.3 is 0 Å². The molecule has 64 valence electrons. The van der Waals surface area contributed by atoms with Gasteiger partial charge in [-0.25, -0.2) is 0 Å².